The summed E-state index contributed by atoms with van der Waals surface area (Å²) < 4.78 is 12.3. The molecule has 1 atom stereocenters. The van der Waals surface area contributed by atoms with Gasteiger partial charge in [-0.1, -0.05) is 12.2 Å². The van der Waals surface area contributed by atoms with Crippen molar-refractivity contribution in [1.82, 2.24) is 9.78 Å². The third-order valence-corrected chi connectivity index (χ3v) is 3.39. The van der Waals surface area contributed by atoms with E-state index in [4.69, 9.17) is 27.4 Å². The molecule has 0 spiro atoms. The van der Waals surface area contributed by atoms with Crippen LogP contribution in [0.3, 0.4) is 0 Å². The van der Waals surface area contributed by atoms with Crippen molar-refractivity contribution in [2.24, 2.45) is 12.8 Å². The lowest BCUT2D eigenvalue weighted by molar-refractivity contribution is 0.170. The molecular weight excluding hydrogens is 276 g/mol. The second-order valence-corrected chi connectivity index (χ2v) is 5.20. The average Bonchev–Trinajstić information content (AvgIpc) is 2.65. The number of anilines is 1. The molecule has 1 heterocycles. The number of nitrogens with zero attached hydrogens (tertiary/aromatic N) is 3. The Hall–Kier alpha value is -1.18. The Balaban J connectivity index is 3.21. The van der Waals surface area contributed by atoms with Gasteiger partial charge in [-0.05, 0) is 13.8 Å². The van der Waals surface area contributed by atoms with Crippen LogP contribution in [0.25, 0.3) is 0 Å². The van der Waals surface area contributed by atoms with Crippen molar-refractivity contribution in [3.8, 4) is 0 Å². The number of aryl methyl sites for hydroxylation is 2. The highest BCUT2D eigenvalue weighted by atomic mass is 32.1. The van der Waals surface area contributed by atoms with E-state index in [1.54, 1.807) is 14.2 Å². The Morgan fingerprint density at radius 2 is 2.10 bits per heavy atom. The zero-order chi connectivity index (χ0) is 15.3. The number of hydrogen-bond acceptors (Lipinski definition) is 5. The average molecular weight is 300 g/mol. The molecule has 1 aromatic rings. The van der Waals surface area contributed by atoms with Gasteiger partial charge in [-0.2, -0.15) is 5.10 Å². The minimum absolute atomic E-state index is 0.165. The maximum Gasteiger partial charge on any atom is 0.137 e. The summed E-state index contributed by atoms with van der Waals surface area (Å²) in [5, 5.41) is 4.43. The second-order valence-electron chi connectivity index (χ2n) is 4.76. The first-order valence-electron chi connectivity index (χ1n) is 6.51. The number of rotatable bonds is 8. The molecule has 20 heavy (non-hydrogen) atoms. The Morgan fingerprint density at radius 3 is 2.60 bits per heavy atom. The Kier molecular flexibility index (Phi) is 6.38. The van der Waals surface area contributed by atoms with Crippen molar-refractivity contribution in [2.45, 2.75) is 19.9 Å². The molecule has 0 amide bonds. The Bertz CT molecular complexity index is 461. The van der Waals surface area contributed by atoms with Gasteiger partial charge in [0.05, 0.1) is 30.5 Å². The first-order valence-corrected chi connectivity index (χ1v) is 6.92. The van der Waals surface area contributed by atoms with Crippen LogP contribution in [0.4, 0.5) is 5.82 Å². The van der Waals surface area contributed by atoms with E-state index in [0.717, 1.165) is 23.6 Å². The van der Waals surface area contributed by atoms with Gasteiger partial charge in [-0.3, -0.25) is 4.68 Å². The minimum Gasteiger partial charge on any atom is -0.389 e. The van der Waals surface area contributed by atoms with Crippen LogP contribution in [0.2, 0.25) is 0 Å². The number of thiocarbonyl (C=S) groups is 1. The van der Waals surface area contributed by atoms with Crippen LogP contribution in [-0.2, 0) is 16.5 Å². The van der Waals surface area contributed by atoms with Crippen molar-refractivity contribution in [2.75, 3.05) is 38.9 Å². The molecule has 0 fully saturated rings. The molecule has 114 valence electrons. The molecule has 1 rings (SSSR count). The normalized spacial score (nSPS) is 12.4. The molecule has 0 saturated heterocycles. The third-order valence-electron chi connectivity index (χ3n) is 3.19. The zero-order valence-corrected chi connectivity index (χ0v) is 13.7. The lowest BCUT2D eigenvalue weighted by Gasteiger charge is -2.31. The Morgan fingerprint density at radius 1 is 1.45 bits per heavy atom. The summed E-state index contributed by atoms with van der Waals surface area (Å²) in [7, 11) is 5.26. The van der Waals surface area contributed by atoms with Gasteiger partial charge in [0.1, 0.15) is 10.8 Å². The highest BCUT2D eigenvalue weighted by molar-refractivity contribution is 7.80. The fourth-order valence-electron chi connectivity index (χ4n) is 2.32. The van der Waals surface area contributed by atoms with Crippen molar-refractivity contribution in [1.29, 1.82) is 0 Å². The van der Waals surface area contributed by atoms with Gasteiger partial charge in [0, 0.05) is 27.8 Å². The number of aromatic nitrogens is 2. The van der Waals surface area contributed by atoms with Gasteiger partial charge in [0.25, 0.3) is 0 Å². The maximum atomic E-state index is 5.86. The number of hydrogen-bond donors (Lipinski definition) is 1. The third kappa shape index (κ3) is 3.68. The van der Waals surface area contributed by atoms with E-state index >= 15 is 0 Å². The number of ether oxygens (including phenoxy) is 2. The minimum atomic E-state index is 0.165. The fourth-order valence-corrected chi connectivity index (χ4v) is 2.56. The summed E-state index contributed by atoms with van der Waals surface area (Å²) >= 11 is 5.17. The zero-order valence-electron chi connectivity index (χ0n) is 12.8. The largest absolute Gasteiger partial charge is 0.389 e. The molecule has 0 radical (unpaired) electrons. The van der Waals surface area contributed by atoms with Crippen LogP contribution >= 0.6 is 12.2 Å². The van der Waals surface area contributed by atoms with Gasteiger partial charge in [-0.25, -0.2) is 0 Å². The van der Waals surface area contributed by atoms with E-state index < -0.39 is 0 Å². The van der Waals surface area contributed by atoms with Gasteiger partial charge < -0.3 is 20.1 Å². The summed E-state index contributed by atoms with van der Waals surface area (Å²) in [6, 6.07) is 0.165. The SMILES string of the molecule is COCCN(c1c(C(N)=S)c(C)nn1C)C(C)COC. The predicted octanol–water partition coefficient (Wildman–Crippen LogP) is 0.850. The maximum absolute atomic E-state index is 5.86. The smallest absolute Gasteiger partial charge is 0.137 e. The van der Waals surface area contributed by atoms with Crippen LogP contribution < -0.4 is 10.6 Å². The van der Waals surface area contributed by atoms with Gasteiger partial charge in [-0.15, -0.1) is 0 Å². The molecule has 0 bridgehead atoms. The van der Waals surface area contributed by atoms with Gasteiger partial charge >= 0.3 is 0 Å². The van der Waals surface area contributed by atoms with E-state index in [-0.39, 0.29) is 6.04 Å². The monoisotopic (exact) mass is 300 g/mol. The molecule has 2 N–H and O–H groups in total. The lowest BCUT2D eigenvalue weighted by atomic mass is 10.2. The first-order chi connectivity index (χ1) is 9.43. The summed E-state index contributed by atoms with van der Waals surface area (Å²) in [6.07, 6.45) is 0. The summed E-state index contributed by atoms with van der Waals surface area (Å²) in [5.74, 6) is 0.914. The summed E-state index contributed by atoms with van der Waals surface area (Å²) in [6.45, 7) is 5.92. The van der Waals surface area contributed by atoms with Crippen molar-refractivity contribution in [3.63, 3.8) is 0 Å². The Labute approximate surface area is 125 Å². The molecule has 0 aliphatic rings. The van der Waals surface area contributed by atoms with E-state index in [0.29, 0.717) is 18.2 Å². The molecule has 0 aliphatic carbocycles. The van der Waals surface area contributed by atoms with Crippen LogP contribution in [0.1, 0.15) is 18.2 Å². The summed E-state index contributed by atoms with van der Waals surface area (Å²) in [5.41, 5.74) is 7.51. The standard InChI is InChI=1S/C13H24N4O2S/c1-9(8-19-5)17(6-7-18-4)13-11(12(14)20)10(2)15-16(13)3/h9H,6-8H2,1-5H3,(H2,14,20). The topological polar surface area (TPSA) is 65.5 Å². The van der Waals surface area contributed by atoms with E-state index in [9.17, 15) is 0 Å². The lowest BCUT2D eigenvalue weighted by Crippen LogP contribution is -2.41. The molecule has 0 aliphatic heterocycles. The molecule has 1 aromatic heterocycles. The predicted molar refractivity (Wildman–Crippen MR) is 84.4 cm³/mol. The fraction of sp³-hybridized carbons (Fsp3) is 0.692. The first kappa shape index (κ1) is 16.9. The van der Waals surface area contributed by atoms with Gasteiger partial charge in [0.2, 0.25) is 0 Å². The second kappa shape index (κ2) is 7.56. The molecule has 6 nitrogen and oxygen atoms in total. The van der Waals surface area contributed by atoms with Crippen molar-refractivity contribution < 1.29 is 9.47 Å². The van der Waals surface area contributed by atoms with Crippen molar-refractivity contribution >= 4 is 23.0 Å². The van der Waals surface area contributed by atoms with Gasteiger partial charge in [0.15, 0.2) is 0 Å². The highest BCUT2D eigenvalue weighted by Gasteiger charge is 2.24. The van der Waals surface area contributed by atoms with E-state index in [1.807, 2.05) is 18.7 Å². The molecule has 7 heteroatoms. The summed E-state index contributed by atoms with van der Waals surface area (Å²) in [4.78, 5) is 2.53. The quantitative estimate of drug-likeness (QED) is 0.718. The highest BCUT2D eigenvalue weighted by Crippen LogP contribution is 2.25. The molecule has 0 aromatic carbocycles. The van der Waals surface area contributed by atoms with Crippen LogP contribution in [0.15, 0.2) is 0 Å². The van der Waals surface area contributed by atoms with E-state index in [2.05, 4.69) is 16.9 Å². The van der Waals surface area contributed by atoms with Crippen LogP contribution in [-0.4, -0.2) is 54.8 Å². The number of nitrogens with two attached hydrogens (primary N) is 1. The van der Waals surface area contributed by atoms with Crippen LogP contribution in [0.5, 0.6) is 0 Å². The van der Waals surface area contributed by atoms with E-state index in [1.165, 1.54) is 0 Å². The van der Waals surface area contributed by atoms with Crippen LogP contribution in [0, 0.1) is 6.92 Å². The molecular formula is C13H24N4O2S. The molecule has 1 unspecified atom stereocenters. The number of methoxy groups -OCH3 is 2. The van der Waals surface area contributed by atoms with Crippen molar-refractivity contribution in [3.05, 3.63) is 11.3 Å². The molecule has 0 saturated carbocycles.